The number of alkyl halides is 1. The van der Waals surface area contributed by atoms with Gasteiger partial charge in [0, 0.05) is 35.3 Å². The molecule has 1 saturated heterocycles. The van der Waals surface area contributed by atoms with Crippen molar-refractivity contribution in [3.8, 4) is 0 Å². The molecule has 1 heterocycles. The number of amides is 1. The summed E-state index contributed by atoms with van der Waals surface area (Å²) in [5.74, 6) is -1.92. The maximum Gasteiger partial charge on any atom is 0.323 e. The van der Waals surface area contributed by atoms with E-state index in [2.05, 4.69) is 16.5 Å². The van der Waals surface area contributed by atoms with Crippen molar-refractivity contribution in [2.24, 2.45) is 5.73 Å². The number of hydrogen-bond donors (Lipinski definition) is 4. The number of hydroxylamine groups is 1. The molecule has 5 N–H and O–H groups in total. The minimum absolute atomic E-state index is 0. The first-order chi connectivity index (χ1) is 9.60. The number of carbonyl (C=O) groups excluding carboxylic acids is 2. The SMILES string of the molecule is CC(=O)C=C(C)N[C@@H]1CONC1=O.[2H][C@@](N)(CF)C(=O)O.[Na]. The second kappa shape index (κ2) is 11.6. The number of carboxylic acids is 1. The number of allylic oxidation sites excluding steroid dienone is 2. The largest absolute Gasteiger partial charge is 0.480 e. The predicted molar refractivity (Wildman–Crippen MR) is 72.8 cm³/mol. The van der Waals surface area contributed by atoms with Gasteiger partial charge in [0.2, 0.25) is 0 Å². The number of ketones is 1. The fourth-order valence-electron chi connectivity index (χ4n) is 1.13. The molecule has 1 radical (unpaired) electrons. The molecule has 0 spiro atoms. The number of nitrogens with two attached hydrogens (primary N) is 1. The molecule has 10 heteroatoms. The molecule has 2 atom stereocenters. The molecule has 0 aromatic rings. The third kappa shape index (κ3) is 10.4. The Bertz CT molecular complexity index is 447. The van der Waals surface area contributed by atoms with E-state index in [1.54, 1.807) is 6.92 Å². The van der Waals surface area contributed by atoms with Crippen LogP contribution >= 0.6 is 0 Å². The summed E-state index contributed by atoms with van der Waals surface area (Å²) < 4.78 is 17.8. The van der Waals surface area contributed by atoms with Crippen LogP contribution in [0.15, 0.2) is 11.8 Å². The van der Waals surface area contributed by atoms with E-state index in [9.17, 15) is 18.8 Å². The van der Waals surface area contributed by atoms with Crippen LogP contribution in [0.2, 0.25) is 0 Å². The molecule has 1 aliphatic rings. The Morgan fingerprint density at radius 1 is 1.71 bits per heavy atom. The van der Waals surface area contributed by atoms with Crippen LogP contribution in [0.25, 0.3) is 0 Å². The van der Waals surface area contributed by atoms with Crippen molar-refractivity contribution in [2.45, 2.75) is 25.9 Å². The van der Waals surface area contributed by atoms with E-state index in [1.165, 1.54) is 13.0 Å². The Morgan fingerprint density at radius 2 is 2.29 bits per heavy atom. The standard InChI is InChI=1S/C8H12N2O3.C3H6FNO2.Na/c1-5(3-6(2)11)9-7-4-13-10-8(7)12;4-1-2(5)3(6)7;/h3,7,9H,4H2,1-2H3,(H,10,12);2H,1,5H2,(H,6,7);/t7-;2-;/m11./s1/i;2D;. The summed E-state index contributed by atoms with van der Waals surface area (Å²) in [6.07, 6.45) is 1.44. The molecule has 8 nitrogen and oxygen atoms in total. The van der Waals surface area contributed by atoms with Gasteiger partial charge in [0.1, 0.15) is 25.3 Å². The van der Waals surface area contributed by atoms with Crippen LogP contribution in [0.1, 0.15) is 15.2 Å². The topological polar surface area (TPSA) is 131 Å². The third-order valence-electron chi connectivity index (χ3n) is 1.98. The normalized spacial score (nSPS) is 20.8. The molecule has 0 aliphatic carbocycles. The van der Waals surface area contributed by atoms with Gasteiger partial charge in [-0.3, -0.25) is 19.2 Å². The second-order valence-electron chi connectivity index (χ2n) is 3.88. The van der Waals surface area contributed by atoms with Crippen molar-refractivity contribution in [3.05, 3.63) is 11.8 Å². The average Bonchev–Trinajstić information content (AvgIpc) is 2.74. The number of carbonyl (C=O) groups is 3. The Balaban J connectivity index is 0. The number of carboxylic acid groups (broad SMARTS) is 1. The minimum Gasteiger partial charge on any atom is -0.480 e. The monoisotopic (exact) mass is 315 g/mol. The van der Waals surface area contributed by atoms with Crippen molar-refractivity contribution >= 4 is 47.2 Å². The third-order valence-corrected chi connectivity index (χ3v) is 1.98. The maximum absolute atomic E-state index is 11.3. The first-order valence-corrected chi connectivity index (χ1v) is 5.55. The Hall–Kier alpha value is -1.00. The van der Waals surface area contributed by atoms with Crippen LogP contribution in [0, 0.1) is 0 Å². The van der Waals surface area contributed by atoms with Gasteiger partial charge in [0.05, 0.1) is 1.37 Å². The van der Waals surface area contributed by atoms with E-state index < -0.39 is 24.7 Å². The van der Waals surface area contributed by atoms with Gasteiger partial charge in [-0.15, -0.1) is 0 Å². The quantitative estimate of drug-likeness (QED) is 0.358. The Kier molecular flexibility index (Phi) is 11.1. The summed E-state index contributed by atoms with van der Waals surface area (Å²) >= 11 is 0. The Labute approximate surface area is 144 Å². The molecular weight excluding hydrogens is 296 g/mol. The molecule has 0 aromatic heterocycles. The zero-order chi connectivity index (χ0) is 16.6. The first kappa shape index (κ1) is 20.0. The molecule has 1 aliphatic heterocycles. The van der Waals surface area contributed by atoms with Gasteiger partial charge in [-0.25, -0.2) is 9.87 Å². The van der Waals surface area contributed by atoms with E-state index in [-0.39, 0.29) is 47.9 Å². The van der Waals surface area contributed by atoms with Crippen molar-refractivity contribution in [1.82, 2.24) is 10.8 Å². The smallest absolute Gasteiger partial charge is 0.323 e. The predicted octanol–water partition coefficient (Wildman–Crippen LogP) is -1.51. The van der Waals surface area contributed by atoms with E-state index in [0.717, 1.165) is 0 Å². The summed E-state index contributed by atoms with van der Waals surface area (Å²) in [6.45, 7) is 2.09. The van der Waals surface area contributed by atoms with Crippen molar-refractivity contribution in [2.75, 3.05) is 13.3 Å². The van der Waals surface area contributed by atoms with E-state index in [0.29, 0.717) is 5.70 Å². The van der Waals surface area contributed by atoms with E-state index >= 15 is 0 Å². The summed E-state index contributed by atoms with van der Waals surface area (Å²) in [6, 6.07) is -2.85. The molecule has 0 bridgehead atoms. The number of nitrogens with one attached hydrogen (secondary N) is 2. The van der Waals surface area contributed by atoms with Gasteiger partial charge in [-0.2, -0.15) is 0 Å². The van der Waals surface area contributed by atoms with Gasteiger partial charge in [-0.05, 0) is 19.9 Å². The molecule has 1 rings (SSSR count). The molecule has 0 aromatic carbocycles. The minimum atomic E-state index is -2.46. The summed E-state index contributed by atoms with van der Waals surface area (Å²) in [5.41, 5.74) is 7.43. The van der Waals surface area contributed by atoms with Gasteiger partial charge in [0.25, 0.3) is 5.91 Å². The van der Waals surface area contributed by atoms with Crippen LogP contribution in [-0.4, -0.2) is 77.7 Å². The van der Waals surface area contributed by atoms with Crippen molar-refractivity contribution < 1.29 is 30.1 Å². The van der Waals surface area contributed by atoms with Gasteiger partial charge < -0.3 is 16.2 Å². The second-order valence-corrected chi connectivity index (χ2v) is 3.88. The fraction of sp³-hybridized carbons (Fsp3) is 0.545. The zero-order valence-corrected chi connectivity index (χ0v) is 14.1. The number of hydrogen-bond acceptors (Lipinski definition) is 6. The van der Waals surface area contributed by atoms with Crippen LogP contribution in [0.3, 0.4) is 0 Å². The summed E-state index contributed by atoms with van der Waals surface area (Å²) in [5, 5.41) is 10.8. The molecule has 0 unspecified atom stereocenters. The van der Waals surface area contributed by atoms with Crippen LogP contribution in [0.4, 0.5) is 4.39 Å². The number of halogens is 1. The molecule has 0 saturated carbocycles. The molecular formula is C11H18FN3NaO5. The van der Waals surface area contributed by atoms with Crippen LogP contribution in [0.5, 0.6) is 0 Å². The van der Waals surface area contributed by atoms with E-state index in [1.807, 2.05) is 0 Å². The number of aliphatic carboxylic acids is 1. The van der Waals surface area contributed by atoms with Crippen LogP contribution < -0.4 is 16.5 Å². The van der Waals surface area contributed by atoms with Crippen LogP contribution in [-0.2, 0) is 19.2 Å². The van der Waals surface area contributed by atoms with Crippen molar-refractivity contribution in [3.63, 3.8) is 0 Å². The average molecular weight is 315 g/mol. The fourth-order valence-corrected chi connectivity index (χ4v) is 1.13. The maximum atomic E-state index is 11.3. The molecule has 1 amide bonds. The molecule has 21 heavy (non-hydrogen) atoms. The van der Waals surface area contributed by atoms with Gasteiger partial charge in [0.15, 0.2) is 5.78 Å². The van der Waals surface area contributed by atoms with Crippen molar-refractivity contribution in [1.29, 1.82) is 0 Å². The van der Waals surface area contributed by atoms with Gasteiger partial charge >= 0.3 is 5.97 Å². The van der Waals surface area contributed by atoms with Gasteiger partial charge in [-0.1, -0.05) is 0 Å². The summed E-state index contributed by atoms with van der Waals surface area (Å²) in [4.78, 5) is 36.0. The molecule has 1 fully saturated rings. The number of rotatable bonds is 5. The van der Waals surface area contributed by atoms with E-state index in [4.69, 9.17) is 11.3 Å². The zero-order valence-electron chi connectivity index (χ0n) is 13.1. The molecule has 115 valence electrons. The summed E-state index contributed by atoms with van der Waals surface area (Å²) in [7, 11) is 0. The first-order valence-electron chi connectivity index (χ1n) is 6.05. The Morgan fingerprint density at radius 3 is 2.57 bits per heavy atom.